The number of alkyl halides is 1. The van der Waals surface area contributed by atoms with Crippen LogP contribution < -0.4 is 0 Å². The van der Waals surface area contributed by atoms with Gasteiger partial charge in [0.05, 0.1) is 5.88 Å². The van der Waals surface area contributed by atoms with Crippen molar-refractivity contribution in [2.24, 2.45) is 0 Å². The Labute approximate surface area is 126 Å². The average molecular weight is 320 g/mol. The van der Waals surface area contributed by atoms with Crippen LogP contribution in [-0.4, -0.2) is 56.4 Å². The SMILES string of the molecule is CN(C)CCN(C)S(=O)(=O)c1cc(CCl)n(C2CC2)c1. The van der Waals surface area contributed by atoms with Crippen molar-refractivity contribution in [2.45, 2.75) is 29.7 Å². The standard InChI is InChI=1S/C13H22ClN3O2S/c1-15(2)6-7-16(3)20(18,19)13-8-12(9-14)17(10-13)11-4-5-11/h8,10-11H,4-7,9H2,1-3H3. The van der Waals surface area contributed by atoms with Gasteiger partial charge in [-0.1, -0.05) is 0 Å². The number of sulfonamides is 1. The van der Waals surface area contributed by atoms with Crippen molar-refractivity contribution < 1.29 is 8.42 Å². The Kier molecular flexibility index (Phi) is 4.79. The van der Waals surface area contributed by atoms with Crippen LogP contribution in [0.5, 0.6) is 0 Å². The first-order chi connectivity index (χ1) is 9.36. The third-order valence-electron chi connectivity index (χ3n) is 3.55. The molecule has 0 bridgehead atoms. The van der Waals surface area contributed by atoms with Gasteiger partial charge in [-0.05, 0) is 33.0 Å². The van der Waals surface area contributed by atoms with E-state index in [0.29, 0.717) is 29.9 Å². The van der Waals surface area contributed by atoms with E-state index in [1.807, 2.05) is 23.6 Å². The van der Waals surface area contributed by atoms with Crippen LogP contribution in [0.15, 0.2) is 17.2 Å². The molecule has 0 amide bonds. The number of rotatable bonds is 7. The van der Waals surface area contributed by atoms with Crippen molar-refractivity contribution in [3.63, 3.8) is 0 Å². The Morgan fingerprint density at radius 3 is 2.45 bits per heavy atom. The summed E-state index contributed by atoms with van der Waals surface area (Å²) in [5.41, 5.74) is 0.883. The molecule has 114 valence electrons. The largest absolute Gasteiger partial charge is 0.346 e. The maximum atomic E-state index is 12.5. The molecule has 1 heterocycles. The summed E-state index contributed by atoms with van der Waals surface area (Å²) in [5.74, 6) is 0.341. The smallest absolute Gasteiger partial charge is 0.244 e. The normalized spacial score (nSPS) is 16.3. The zero-order valence-corrected chi connectivity index (χ0v) is 13.8. The molecule has 0 saturated heterocycles. The maximum Gasteiger partial charge on any atom is 0.244 e. The Hall–Kier alpha value is -0.560. The predicted molar refractivity (Wildman–Crippen MR) is 80.6 cm³/mol. The van der Waals surface area contributed by atoms with E-state index < -0.39 is 10.0 Å². The van der Waals surface area contributed by atoms with Gasteiger partial charge in [0.15, 0.2) is 0 Å². The number of aromatic nitrogens is 1. The van der Waals surface area contributed by atoms with Gasteiger partial charge in [0.2, 0.25) is 10.0 Å². The third-order valence-corrected chi connectivity index (χ3v) is 5.65. The monoisotopic (exact) mass is 319 g/mol. The minimum atomic E-state index is -3.42. The van der Waals surface area contributed by atoms with Crippen molar-refractivity contribution in [2.75, 3.05) is 34.2 Å². The summed E-state index contributed by atoms with van der Waals surface area (Å²) < 4.78 is 28.5. The predicted octanol–water partition coefficient (Wildman–Crippen LogP) is 1.74. The van der Waals surface area contributed by atoms with E-state index >= 15 is 0 Å². The molecule has 1 fully saturated rings. The Morgan fingerprint density at radius 1 is 1.30 bits per heavy atom. The molecule has 1 saturated carbocycles. The van der Waals surface area contributed by atoms with E-state index in [0.717, 1.165) is 18.5 Å². The molecule has 0 spiro atoms. The summed E-state index contributed by atoms with van der Waals surface area (Å²) in [5, 5.41) is 0. The minimum Gasteiger partial charge on any atom is -0.346 e. The molecule has 0 atom stereocenters. The van der Waals surface area contributed by atoms with Crippen molar-refractivity contribution in [3.05, 3.63) is 18.0 Å². The van der Waals surface area contributed by atoms with E-state index in [9.17, 15) is 8.42 Å². The van der Waals surface area contributed by atoms with Gasteiger partial charge in [-0.3, -0.25) is 0 Å². The van der Waals surface area contributed by atoms with E-state index in [-0.39, 0.29) is 0 Å². The summed E-state index contributed by atoms with van der Waals surface area (Å²) in [6.45, 7) is 1.17. The molecule has 0 unspecified atom stereocenters. The summed E-state index contributed by atoms with van der Waals surface area (Å²) >= 11 is 5.91. The lowest BCUT2D eigenvalue weighted by atomic mass is 10.5. The molecule has 0 aromatic carbocycles. The summed E-state index contributed by atoms with van der Waals surface area (Å²) in [6.07, 6.45) is 3.94. The molecule has 20 heavy (non-hydrogen) atoms. The molecule has 1 aliphatic carbocycles. The quantitative estimate of drug-likeness (QED) is 0.719. The molecule has 1 aromatic heterocycles. The van der Waals surface area contributed by atoms with E-state index in [4.69, 9.17) is 11.6 Å². The topological polar surface area (TPSA) is 45.6 Å². The molecular weight excluding hydrogens is 298 g/mol. The van der Waals surface area contributed by atoms with Gasteiger partial charge in [-0.2, -0.15) is 4.31 Å². The van der Waals surface area contributed by atoms with Gasteiger partial charge in [-0.25, -0.2) is 8.42 Å². The number of hydrogen-bond donors (Lipinski definition) is 0. The second kappa shape index (κ2) is 6.05. The first-order valence-electron chi connectivity index (χ1n) is 6.74. The summed E-state index contributed by atoms with van der Waals surface area (Å²) in [4.78, 5) is 2.31. The van der Waals surface area contributed by atoms with Crippen molar-refractivity contribution in [1.29, 1.82) is 0 Å². The molecule has 1 aromatic rings. The minimum absolute atomic E-state index is 0.341. The van der Waals surface area contributed by atoms with Crippen LogP contribution in [0.25, 0.3) is 0 Å². The molecule has 0 aliphatic heterocycles. The highest BCUT2D eigenvalue weighted by molar-refractivity contribution is 7.89. The van der Waals surface area contributed by atoms with Crippen LogP contribution in [0.3, 0.4) is 0 Å². The maximum absolute atomic E-state index is 12.5. The van der Waals surface area contributed by atoms with Gasteiger partial charge in [-0.15, -0.1) is 11.6 Å². The molecule has 5 nitrogen and oxygen atoms in total. The third kappa shape index (κ3) is 3.36. The molecule has 7 heteroatoms. The second-order valence-corrected chi connectivity index (χ2v) is 7.88. The zero-order chi connectivity index (χ0) is 14.9. The van der Waals surface area contributed by atoms with Crippen LogP contribution >= 0.6 is 11.6 Å². The number of hydrogen-bond acceptors (Lipinski definition) is 3. The highest BCUT2D eigenvalue weighted by atomic mass is 35.5. The molecular formula is C13H22ClN3O2S. The van der Waals surface area contributed by atoms with Crippen molar-refractivity contribution in [3.8, 4) is 0 Å². The fourth-order valence-corrected chi connectivity index (χ4v) is 3.51. The Bertz CT molecular complexity index is 564. The van der Waals surface area contributed by atoms with Crippen molar-refractivity contribution in [1.82, 2.24) is 13.8 Å². The van der Waals surface area contributed by atoms with Gasteiger partial charge in [0.1, 0.15) is 4.90 Å². The number of halogens is 1. The van der Waals surface area contributed by atoms with Crippen LogP contribution in [0.1, 0.15) is 24.6 Å². The molecule has 0 N–H and O–H groups in total. The zero-order valence-electron chi connectivity index (χ0n) is 12.2. The molecule has 2 rings (SSSR count). The lowest BCUT2D eigenvalue weighted by molar-refractivity contribution is 0.358. The second-order valence-electron chi connectivity index (χ2n) is 5.57. The number of likely N-dealkylation sites (N-methyl/N-ethyl adjacent to an activating group) is 2. The average Bonchev–Trinajstić information content (AvgIpc) is 3.14. The van der Waals surface area contributed by atoms with E-state index in [1.165, 1.54) is 4.31 Å². The van der Waals surface area contributed by atoms with Gasteiger partial charge in [0.25, 0.3) is 0 Å². The van der Waals surface area contributed by atoms with Gasteiger partial charge in [0, 0.05) is 38.1 Å². The van der Waals surface area contributed by atoms with E-state index in [2.05, 4.69) is 0 Å². The summed E-state index contributed by atoms with van der Waals surface area (Å²) in [7, 11) is 2.05. The lowest BCUT2D eigenvalue weighted by Crippen LogP contribution is -2.33. The highest BCUT2D eigenvalue weighted by Gasteiger charge is 2.29. The van der Waals surface area contributed by atoms with Crippen molar-refractivity contribution >= 4 is 21.6 Å². The summed E-state index contributed by atoms with van der Waals surface area (Å²) in [6, 6.07) is 2.13. The fourth-order valence-electron chi connectivity index (χ4n) is 2.08. The van der Waals surface area contributed by atoms with Crippen LogP contribution in [0.4, 0.5) is 0 Å². The Morgan fingerprint density at radius 2 is 1.95 bits per heavy atom. The molecule has 1 aliphatic rings. The number of nitrogens with zero attached hydrogens (tertiary/aromatic N) is 3. The van der Waals surface area contributed by atoms with Crippen LogP contribution in [-0.2, 0) is 15.9 Å². The lowest BCUT2D eigenvalue weighted by Gasteiger charge is -2.18. The van der Waals surface area contributed by atoms with Gasteiger partial charge >= 0.3 is 0 Å². The van der Waals surface area contributed by atoms with Crippen LogP contribution in [0, 0.1) is 0 Å². The van der Waals surface area contributed by atoms with E-state index in [1.54, 1.807) is 19.3 Å². The Balaban J connectivity index is 2.20. The first-order valence-corrected chi connectivity index (χ1v) is 8.71. The van der Waals surface area contributed by atoms with Crippen LogP contribution in [0.2, 0.25) is 0 Å². The van der Waals surface area contributed by atoms with Gasteiger partial charge < -0.3 is 9.47 Å². The fraction of sp³-hybridized carbons (Fsp3) is 0.692. The highest BCUT2D eigenvalue weighted by Crippen LogP contribution is 2.37. The first kappa shape index (κ1) is 15.8. The molecule has 0 radical (unpaired) electrons.